The van der Waals surface area contributed by atoms with Gasteiger partial charge in [-0.3, -0.25) is 0 Å². The smallest absolute Gasteiger partial charge is 0.318 e. The van der Waals surface area contributed by atoms with E-state index in [1.165, 1.54) is 12.1 Å². The Morgan fingerprint density at radius 3 is 2.68 bits per heavy atom. The SMILES string of the molecule is CC1CN(C2C3CC4CC2C(c2ccc(F)cc2)C(O)(C4)C3)C(=O)N1. The zero-order valence-corrected chi connectivity index (χ0v) is 14.5. The predicted octanol–water partition coefficient (Wildman–Crippen LogP) is 2.87. The van der Waals surface area contributed by atoms with E-state index in [2.05, 4.69) is 5.32 Å². The number of amides is 2. The van der Waals surface area contributed by atoms with Crippen LogP contribution in [0.15, 0.2) is 24.3 Å². The number of hydrogen-bond donors (Lipinski definition) is 2. The molecule has 5 heteroatoms. The third-order valence-corrected chi connectivity index (χ3v) is 7.12. The number of carbonyl (C=O) groups is 1. The second kappa shape index (κ2) is 5.19. The van der Waals surface area contributed by atoms with Crippen LogP contribution in [-0.4, -0.2) is 40.3 Å². The van der Waals surface area contributed by atoms with E-state index in [1.807, 2.05) is 24.0 Å². The molecular formula is C20H25FN2O2. The molecule has 0 aromatic heterocycles. The maximum atomic E-state index is 13.4. The first kappa shape index (κ1) is 15.6. The molecule has 7 unspecified atom stereocenters. The van der Waals surface area contributed by atoms with Crippen molar-refractivity contribution in [3.05, 3.63) is 35.6 Å². The van der Waals surface area contributed by atoms with Gasteiger partial charge in [0.05, 0.1) is 5.60 Å². The van der Waals surface area contributed by atoms with Crippen molar-refractivity contribution in [2.24, 2.45) is 17.8 Å². The number of halogens is 1. The maximum absolute atomic E-state index is 13.4. The van der Waals surface area contributed by atoms with Gasteiger partial charge in [-0.2, -0.15) is 0 Å². The van der Waals surface area contributed by atoms with Crippen LogP contribution in [-0.2, 0) is 0 Å². The Hall–Kier alpha value is -1.62. The summed E-state index contributed by atoms with van der Waals surface area (Å²) in [5.74, 6) is 0.955. The first-order chi connectivity index (χ1) is 11.9. The van der Waals surface area contributed by atoms with E-state index in [0.717, 1.165) is 37.8 Å². The van der Waals surface area contributed by atoms with Gasteiger partial charge < -0.3 is 15.3 Å². The molecule has 1 saturated heterocycles. The molecule has 1 aromatic carbocycles. The van der Waals surface area contributed by atoms with Crippen LogP contribution in [0.5, 0.6) is 0 Å². The minimum Gasteiger partial charge on any atom is -0.389 e. The lowest BCUT2D eigenvalue weighted by Gasteiger charge is -2.63. The van der Waals surface area contributed by atoms with Gasteiger partial charge in [0.2, 0.25) is 0 Å². The van der Waals surface area contributed by atoms with E-state index < -0.39 is 5.60 Å². The van der Waals surface area contributed by atoms with Crippen LogP contribution < -0.4 is 5.32 Å². The van der Waals surface area contributed by atoms with Crippen LogP contribution >= 0.6 is 0 Å². The van der Waals surface area contributed by atoms with Gasteiger partial charge in [-0.25, -0.2) is 9.18 Å². The van der Waals surface area contributed by atoms with Crippen molar-refractivity contribution in [1.29, 1.82) is 0 Å². The summed E-state index contributed by atoms with van der Waals surface area (Å²) >= 11 is 0. The van der Waals surface area contributed by atoms with Gasteiger partial charge in [0.1, 0.15) is 5.82 Å². The van der Waals surface area contributed by atoms with Crippen LogP contribution in [0.4, 0.5) is 9.18 Å². The first-order valence-corrected chi connectivity index (χ1v) is 9.49. The summed E-state index contributed by atoms with van der Waals surface area (Å²) in [6.07, 6.45) is 3.78. The highest BCUT2D eigenvalue weighted by Gasteiger charge is 2.62. The van der Waals surface area contributed by atoms with Crippen LogP contribution in [0.2, 0.25) is 0 Å². The van der Waals surface area contributed by atoms with Crippen molar-refractivity contribution in [1.82, 2.24) is 10.2 Å². The summed E-state index contributed by atoms with van der Waals surface area (Å²) in [6, 6.07) is 7.03. The van der Waals surface area contributed by atoms with Crippen molar-refractivity contribution in [2.45, 2.75) is 56.2 Å². The predicted molar refractivity (Wildman–Crippen MR) is 91.5 cm³/mol. The van der Waals surface area contributed by atoms with E-state index in [-0.39, 0.29) is 35.8 Å². The fourth-order valence-corrected chi connectivity index (χ4v) is 6.62. The Balaban J connectivity index is 1.55. The topological polar surface area (TPSA) is 52.6 Å². The Morgan fingerprint density at radius 2 is 2.00 bits per heavy atom. The summed E-state index contributed by atoms with van der Waals surface area (Å²) < 4.78 is 13.4. The largest absolute Gasteiger partial charge is 0.389 e. The fourth-order valence-electron chi connectivity index (χ4n) is 6.62. The molecule has 6 rings (SSSR count). The van der Waals surface area contributed by atoms with Crippen molar-refractivity contribution in [2.75, 3.05) is 6.54 Å². The van der Waals surface area contributed by atoms with Crippen LogP contribution in [0, 0.1) is 23.6 Å². The van der Waals surface area contributed by atoms with Gasteiger partial charge in [0, 0.05) is 24.5 Å². The van der Waals surface area contributed by atoms with Crippen molar-refractivity contribution >= 4 is 6.03 Å². The molecule has 4 bridgehead atoms. The van der Waals surface area contributed by atoms with Crippen LogP contribution in [0.3, 0.4) is 0 Å². The van der Waals surface area contributed by atoms with Gasteiger partial charge in [-0.15, -0.1) is 0 Å². The molecule has 0 spiro atoms. The zero-order chi connectivity index (χ0) is 17.3. The Bertz CT molecular complexity index is 708. The van der Waals surface area contributed by atoms with E-state index in [4.69, 9.17) is 0 Å². The average molecular weight is 344 g/mol. The third kappa shape index (κ3) is 2.24. The van der Waals surface area contributed by atoms with E-state index >= 15 is 0 Å². The number of benzene rings is 1. The zero-order valence-electron chi connectivity index (χ0n) is 14.5. The van der Waals surface area contributed by atoms with Crippen LogP contribution in [0.25, 0.3) is 0 Å². The molecule has 5 fully saturated rings. The molecule has 4 saturated carbocycles. The molecule has 2 amide bonds. The van der Waals surface area contributed by atoms with Crippen LogP contribution in [0.1, 0.15) is 44.1 Å². The lowest BCUT2D eigenvalue weighted by molar-refractivity contribution is -0.169. The summed E-state index contributed by atoms with van der Waals surface area (Å²) in [6.45, 7) is 2.79. The molecule has 0 radical (unpaired) electrons. The van der Waals surface area contributed by atoms with E-state index in [1.54, 1.807) is 0 Å². The molecule has 1 aliphatic heterocycles. The maximum Gasteiger partial charge on any atom is 0.318 e. The summed E-state index contributed by atoms with van der Waals surface area (Å²) in [5.41, 5.74) is 0.317. The van der Waals surface area contributed by atoms with Gasteiger partial charge in [0.25, 0.3) is 0 Å². The molecule has 5 aliphatic rings. The molecular weight excluding hydrogens is 319 g/mol. The van der Waals surface area contributed by atoms with Gasteiger partial charge in [0.15, 0.2) is 0 Å². The molecule has 4 nitrogen and oxygen atoms in total. The highest BCUT2D eigenvalue weighted by atomic mass is 19.1. The van der Waals surface area contributed by atoms with Gasteiger partial charge in [-0.05, 0) is 68.1 Å². The fraction of sp³-hybridized carbons (Fsp3) is 0.650. The molecule has 4 aliphatic carbocycles. The monoisotopic (exact) mass is 344 g/mol. The number of rotatable bonds is 2. The van der Waals surface area contributed by atoms with Crippen molar-refractivity contribution < 1.29 is 14.3 Å². The number of hydrogen-bond acceptors (Lipinski definition) is 2. The number of nitrogens with one attached hydrogen (secondary N) is 1. The second-order valence-electron chi connectivity index (χ2n) is 8.80. The molecule has 2 N–H and O–H groups in total. The van der Waals surface area contributed by atoms with E-state index in [0.29, 0.717) is 11.8 Å². The summed E-state index contributed by atoms with van der Waals surface area (Å²) in [5, 5.41) is 14.5. The molecule has 25 heavy (non-hydrogen) atoms. The summed E-state index contributed by atoms with van der Waals surface area (Å²) in [4.78, 5) is 14.5. The Kier molecular flexibility index (Phi) is 3.25. The van der Waals surface area contributed by atoms with Crippen molar-refractivity contribution in [3.8, 4) is 0 Å². The molecule has 1 aromatic rings. The first-order valence-electron chi connectivity index (χ1n) is 9.49. The molecule has 7 atom stereocenters. The molecule has 134 valence electrons. The van der Waals surface area contributed by atoms with Gasteiger partial charge in [-0.1, -0.05) is 12.1 Å². The third-order valence-electron chi connectivity index (χ3n) is 7.12. The van der Waals surface area contributed by atoms with Gasteiger partial charge >= 0.3 is 6.03 Å². The normalized spacial score (nSPS) is 45.1. The number of carbonyl (C=O) groups excluding carboxylic acids is 1. The molecule has 1 heterocycles. The second-order valence-corrected chi connectivity index (χ2v) is 8.80. The lowest BCUT2D eigenvalue weighted by Crippen LogP contribution is -2.65. The Labute approximate surface area is 147 Å². The Morgan fingerprint density at radius 1 is 1.24 bits per heavy atom. The minimum atomic E-state index is -0.702. The standard InChI is InChI=1S/C20H25FN2O2/c1-11-10-23(19(24)22-11)18-14-6-12-7-16(18)17(20(25,8-12)9-14)13-2-4-15(21)5-3-13/h2-5,11-12,14,16-18,25H,6-10H2,1H3,(H,22,24). The number of urea groups is 1. The highest BCUT2D eigenvalue weighted by molar-refractivity contribution is 5.77. The number of aliphatic hydroxyl groups is 1. The average Bonchev–Trinajstić information content (AvgIpc) is 2.86. The van der Waals surface area contributed by atoms with Crippen molar-refractivity contribution in [3.63, 3.8) is 0 Å². The lowest BCUT2D eigenvalue weighted by atomic mass is 9.46. The summed E-state index contributed by atoms with van der Waals surface area (Å²) in [7, 11) is 0. The quantitative estimate of drug-likeness (QED) is 0.867. The number of nitrogens with zero attached hydrogens (tertiary/aromatic N) is 1. The highest BCUT2D eigenvalue weighted by Crippen LogP contribution is 2.62. The van der Waals surface area contributed by atoms with E-state index in [9.17, 15) is 14.3 Å². The minimum absolute atomic E-state index is 0.00499.